The van der Waals surface area contributed by atoms with Gasteiger partial charge >= 0.3 is 11.9 Å². The molecule has 1 aromatic rings. The highest BCUT2D eigenvalue weighted by Gasteiger charge is 2.66. The predicted octanol–water partition coefficient (Wildman–Crippen LogP) is 3.45. The smallest absolute Gasteiger partial charge is 0.370 e. The lowest BCUT2D eigenvalue weighted by molar-refractivity contribution is -0.785. The summed E-state index contributed by atoms with van der Waals surface area (Å²) in [5.41, 5.74) is 4.53. The quantitative estimate of drug-likeness (QED) is 0.226. The van der Waals surface area contributed by atoms with Crippen LogP contribution in [-0.2, 0) is 19.6 Å². The molecule has 0 spiro atoms. The van der Waals surface area contributed by atoms with Gasteiger partial charge in [-0.25, -0.2) is 18.0 Å². The number of para-hydroxylation sites is 1. The maximum atomic E-state index is 14.6. The highest BCUT2D eigenvalue weighted by molar-refractivity contribution is 7.92. The lowest BCUT2D eigenvalue weighted by atomic mass is 9.70. The number of anilines is 1. The van der Waals surface area contributed by atoms with Gasteiger partial charge in [0.25, 0.3) is 0 Å². The van der Waals surface area contributed by atoms with E-state index in [0.29, 0.717) is 57.5 Å². The molecule has 3 amide bonds. The number of amides is 3. The van der Waals surface area contributed by atoms with E-state index in [2.05, 4.69) is 5.32 Å². The molecule has 5 atom stereocenters. The predicted molar refractivity (Wildman–Crippen MR) is 169 cm³/mol. The van der Waals surface area contributed by atoms with E-state index in [1.165, 1.54) is 4.31 Å². The molecule has 0 aromatic heterocycles. The first kappa shape index (κ1) is 32.4. The highest BCUT2D eigenvalue weighted by atomic mass is 32.2. The molecule has 11 nitrogen and oxygen atoms in total. The number of hydrogen-bond donors (Lipinski definition) is 3. The summed E-state index contributed by atoms with van der Waals surface area (Å²) in [7, 11) is -4.17. The number of likely N-dealkylation sites (tertiary alicyclic amines) is 2. The highest BCUT2D eigenvalue weighted by Crippen LogP contribution is 2.64. The summed E-state index contributed by atoms with van der Waals surface area (Å²) in [6, 6.07) is 6.72. The lowest BCUT2D eigenvalue weighted by Gasteiger charge is -2.41. The van der Waals surface area contributed by atoms with Crippen molar-refractivity contribution in [2.75, 3.05) is 36.2 Å². The second kappa shape index (κ2) is 11.7. The van der Waals surface area contributed by atoms with Gasteiger partial charge in [-0.05, 0) is 68.9 Å². The van der Waals surface area contributed by atoms with Crippen molar-refractivity contribution in [1.29, 1.82) is 5.41 Å². The van der Waals surface area contributed by atoms with Crippen LogP contribution in [0.5, 0.6) is 0 Å². The minimum atomic E-state index is -4.17. The Bertz CT molecular complexity index is 1410. The number of rotatable bonds is 8. The summed E-state index contributed by atoms with van der Waals surface area (Å²) in [6.07, 6.45) is 4.64. The summed E-state index contributed by atoms with van der Waals surface area (Å²) in [6.45, 7) is 9.49. The third kappa shape index (κ3) is 5.21. The van der Waals surface area contributed by atoms with Crippen molar-refractivity contribution >= 4 is 39.4 Å². The number of quaternary nitrogens is 1. The van der Waals surface area contributed by atoms with Crippen LogP contribution in [0, 0.1) is 28.1 Å². The van der Waals surface area contributed by atoms with Crippen LogP contribution in [0.4, 0.5) is 10.5 Å². The van der Waals surface area contributed by atoms with Crippen LogP contribution in [0.1, 0.15) is 72.6 Å². The number of piperidine rings is 1. The fourth-order valence-corrected chi connectivity index (χ4v) is 11.1. The van der Waals surface area contributed by atoms with Crippen LogP contribution in [0.15, 0.2) is 30.3 Å². The molecule has 2 saturated heterocycles. The molecule has 3 unspecified atom stereocenters. The van der Waals surface area contributed by atoms with E-state index in [1.54, 1.807) is 37.3 Å². The molecule has 5 rings (SSSR count). The van der Waals surface area contributed by atoms with E-state index in [0.717, 1.165) is 19.3 Å². The number of fused-ring (bicyclic) bond motifs is 2. The molecule has 2 heterocycles. The van der Waals surface area contributed by atoms with Gasteiger partial charge in [-0.3, -0.25) is 14.5 Å². The van der Waals surface area contributed by atoms with Crippen molar-refractivity contribution in [3.63, 3.8) is 0 Å². The zero-order valence-electron chi connectivity index (χ0n) is 26.5. The number of ketones is 1. The van der Waals surface area contributed by atoms with Crippen molar-refractivity contribution < 1.29 is 27.3 Å². The third-order valence-corrected chi connectivity index (χ3v) is 13.7. The van der Waals surface area contributed by atoms with Gasteiger partial charge in [0.2, 0.25) is 10.0 Å². The molecule has 2 aliphatic carbocycles. The van der Waals surface area contributed by atoms with E-state index in [9.17, 15) is 22.8 Å². The number of nitrogens with one attached hydrogen (secondary N) is 2. The van der Waals surface area contributed by atoms with Crippen LogP contribution in [-0.4, -0.2) is 85.5 Å². The molecule has 1 aromatic carbocycles. The maximum absolute atomic E-state index is 14.6. The second-order valence-corrected chi connectivity index (χ2v) is 16.0. The molecule has 4 N–H and O–H groups in total. The molecule has 0 radical (unpaired) electrons. The number of sulfonamides is 1. The number of guanidine groups is 1. The van der Waals surface area contributed by atoms with E-state index >= 15 is 0 Å². The van der Waals surface area contributed by atoms with E-state index in [-0.39, 0.29) is 35.4 Å². The minimum absolute atomic E-state index is 0.000466. The summed E-state index contributed by atoms with van der Waals surface area (Å²) in [5.74, 6) is -0.399. The SMILES string of the molecule is C[C@@H]1CCC[N+]1(C(=O)NCC1CCN(C(=N)N)CC1)C(=O)[C@H](C)N(c1ccccc1)S(=O)(=O)CC12CCC(CC1=O)C2(C)C. The van der Waals surface area contributed by atoms with Crippen molar-refractivity contribution in [1.82, 2.24) is 10.2 Å². The molecule has 2 bridgehead atoms. The van der Waals surface area contributed by atoms with Gasteiger partial charge in [0.1, 0.15) is 11.8 Å². The standard InChI is InChI=1S/C32H48N6O5S/c1-22-9-8-18-38(22,30(41)35-20-24-13-16-36(17-14-24)29(33)34)28(40)23(2)37(26-10-6-5-7-11-26)44(42,43)21-32-15-12-25(19-27(32)39)31(32,3)4/h5-7,10-11,22-25H,8-9,12-21H2,1-4H3,(H3-,33,34,35,41)/p+1/t22-,23+,25?,32?,38?/m1/s1. The Balaban J connectivity index is 1.42. The molecular formula is C32H49N6O5S+. The summed E-state index contributed by atoms with van der Waals surface area (Å²) in [5, 5.41) is 10.7. The van der Waals surface area contributed by atoms with Crippen LogP contribution in [0.2, 0.25) is 0 Å². The first-order valence-corrected chi connectivity index (χ1v) is 17.7. The number of hydrogen-bond acceptors (Lipinski definition) is 6. The van der Waals surface area contributed by atoms with Crippen molar-refractivity contribution in [3.05, 3.63) is 30.3 Å². The number of nitrogens with zero attached hydrogens (tertiary/aromatic N) is 3. The van der Waals surface area contributed by atoms with E-state index < -0.39 is 43.3 Å². The van der Waals surface area contributed by atoms with Crippen molar-refractivity contribution in [3.8, 4) is 0 Å². The molecule has 4 fully saturated rings. The number of Topliss-reactive ketones (excluding diaryl/α,β-unsaturated/α-hetero) is 1. The Morgan fingerprint density at radius 3 is 2.34 bits per heavy atom. The summed E-state index contributed by atoms with van der Waals surface area (Å²) >= 11 is 0. The van der Waals surface area contributed by atoms with Crippen LogP contribution in [0.25, 0.3) is 0 Å². The zero-order valence-corrected chi connectivity index (χ0v) is 27.4. The van der Waals surface area contributed by atoms with Crippen molar-refractivity contribution in [2.45, 2.75) is 84.7 Å². The Kier molecular flexibility index (Phi) is 8.65. The molecular weight excluding hydrogens is 580 g/mol. The molecule has 2 aliphatic heterocycles. The number of benzene rings is 1. The Morgan fingerprint density at radius 2 is 1.82 bits per heavy atom. The molecule has 242 valence electrons. The average Bonchev–Trinajstić information content (AvgIpc) is 3.54. The second-order valence-electron chi connectivity index (χ2n) is 14.2. The van der Waals surface area contributed by atoms with Gasteiger partial charge in [0.15, 0.2) is 12.0 Å². The Hall–Kier alpha value is -2.99. The fraction of sp³-hybridized carbons (Fsp3) is 0.688. The third-order valence-electron chi connectivity index (χ3n) is 11.7. The van der Waals surface area contributed by atoms with Gasteiger partial charge in [-0.15, -0.1) is 0 Å². The molecule has 12 heteroatoms. The molecule has 4 aliphatic rings. The minimum Gasteiger partial charge on any atom is -0.370 e. The van der Waals surface area contributed by atoms with Crippen LogP contribution >= 0.6 is 0 Å². The summed E-state index contributed by atoms with van der Waals surface area (Å²) in [4.78, 5) is 43.8. The number of nitrogens with two attached hydrogens (primary N) is 1. The Labute approximate surface area is 261 Å². The monoisotopic (exact) mass is 629 g/mol. The fourth-order valence-electron chi connectivity index (χ4n) is 8.68. The maximum Gasteiger partial charge on any atom is 0.424 e. The number of urea groups is 1. The van der Waals surface area contributed by atoms with E-state index in [4.69, 9.17) is 11.1 Å². The topological polar surface area (TPSA) is 154 Å². The van der Waals surface area contributed by atoms with E-state index in [1.807, 2.05) is 25.7 Å². The van der Waals surface area contributed by atoms with Gasteiger partial charge < -0.3 is 16.0 Å². The number of imide groups is 1. The van der Waals surface area contributed by atoms with Gasteiger partial charge in [0, 0.05) is 38.9 Å². The molecule has 2 saturated carbocycles. The van der Waals surface area contributed by atoms with Crippen LogP contribution < -0.4 is 15.4 Å². The van der Waals surface area contributed by atoms with Gasteiger partial charge in [-0.1, -0.05) is 32.0 Å². The number of carbonyl (C=O) groups is 3. The van der Waals surface area contributed by atoms with Gasteiger partial charge in [0.05, 0.1) is 23.4 Å². The normalized spacial score (nSPS) is 30.7. The van der Waals surface area contributed by atoms with Crippen LogP contribution in [0.3, 0.4) is 0 Å². The first-order chi connectivity index (χ1) is 20.7. The van der Waals surface area contributed by atoms with Gasteiger partial charge in [-0.2, -0.15) is 4.48 Å². The summed E-state index contributed by atoms with van der Waals surface area (Å²) < 4.78 is 29.8. The first-order valence-electron chi connectivity index (χ1n) is 16.1. The zero-order chi connectivity index (χ0) is 32.1. The Morgan fingerprint density at radius 1 is 1.16 bits per heavy atom. The lowest BCUT2D eigenvalue weighted by Crippen LogP contribution is -2.67. The molecule has 44 heavy (non-hydrogen) atoms. The largest absolute Gasteiger partial charge is 0.424 e. The van der Waals surface area contributed by atoms with Crippen molar-refractivity contribution in [2.24, 2.45) is 28.4 Å². The number of carbonyl (C=O) groups excluding carboxylic acids is 3. The average molecular weight is 630 g/mol.